The number of carbonyl (C=O) groups is 1. The van der Waals surface area contributed by atoms with Gasteiger partial charge in [0.05, 0.1) is 12.5 Å². The van der Waals surface area contributed by atoms with E-state index in [9.17, 15) is 4.79 Å². The van der Waals surface area contributed by atoms with Crippen molar-refractivity contribution in [2.75, 3.05) is 7.11 Å². The summed E-state index contributed by atoms with van der Waals surface area (Å²) in [7, 11) is 1.71. The average Bonchev–Trinajstić information content (AvgIpc) is 2.35. The van der Waals surface area contributed by atoms with Crippen LogP contribution >= 0.6 is 0 Å². The lowest BCUT2D eigenvalue weighted by Crippen LogP contribution is -2.49. The highest BCUT2D eigenvalue weighted by Crippen LogP contribution is 2.52. The van der Waals surface area contributed by atoms with Gasteiger partial charge in [-0.05, 0) is 18.3 Å². The van der Waals surface area contributed by atoms with Crippen molar-refractivity contribution in [1.82, 2.24) is 0 Å². The quantitative estimate of drug-likeness (QED) is 0.625. The Hall–Kier alpha value is -0.570. The van der Waals surface area contributed by atoms with Crippen molar-refractivity contribution in [3.05, 3.63) is 0 Å². The Morgan fingerprint density at radius 1 is 1.40 bits per heavy atom. The monoisotopic (exact) mass is 212 g/mol. The molecule has 1 saturated heterocycles. The molecule has 0 spiro atoms. The zero-order valence-corrected chi connectivity index (χ0v) is 10.0. The zero-order chi connectivity index (χ0) is 11.3. The standard InChI is InChI=1S/C12H20O3/c1-11(2)5-8(14-4)10-12(3,7-11)6-9(13)15-10/h8,10H,5-7H2,1-4H3/t8-,10+,12-/m1/s1. The summed E-state index contributed by atoms with van der Waals surface area (Å²) < 4.78 is 10.9. The molecular formula is C12H20O3. The number of carbonyl (C=O) groups excluding carboxylic acids is 1. The molecule has 1 aliphatic carbocycles. The predicted octanol–water partition coefficient (Wildman–Crippen LogP) is 2.14. The van der Waals surface area contributed by atoms with Crippen LogP contribution < -0.4 is 0 Å². The summed E-state index contributed by atoms with van der Waals surface area (Å²) in [5, 5.41) is 0. The van der Waals surface area contributed by atoms with Crippen molar-refractivity contribution in [2.24, 2.45) is 10.8 Å². The zero-order valence-electron chi connectivity index (χ0n) is 10.0. The second kappa shape index (κ2) is 3.21. The van der Waals surface area contributed by atoms with E-state index in [1.54, 1.807) is 7.11 Å². The third-order valence-electron chi connectivity index (χ3n) is 3.77. The lowest BCUT2D eigenvalue weighted by Gasteiger charge is -2.46. The molecule has 3 nitrogen and oxygen atoms in total. The van der Waals surface area contributed by atoms with E-state index in [2.05, 4.69) is 20.8 Å². The fraction of sp³-hybridized carbons (Fsp3) is 0.917. The minimum atomic E-state index is -0.0674. The summed E-state index contributed by atoms with van der Waals surface area (Å²) in [5.41, 5.74) is 0.208. The van der Waals surface area contributed by atoms with E-state index in [1.165, 1.54) is 0 Å². The van der Waals surface area contributed by atoms with Crippen molar-refractivity contribution in [2.45, 2.75) is 52.2 Å². The molecule has 1 heterocycles. The molecule has 0 aromatic heterocycles. The molecule has 0 bridgehead atoms. The molecule has 0 amide bonds. The lowest BCUT2D eigenvalue weighted by atomic mass is 9.61. The van der Waals surface area contributed by atoms with Crippen LogP contribution in [0, 0.1) is 10.8 Å². The van der Waals surface area contributed by atoms with Gasteiger partial charge in [-0.3, -0.25) is 4.79 Å². The van der Waals surface area contributed by atoms with Gasteiger partial charge in [-0.15, -0.1) is 0 Å². The van der Waals surface area contributed by atoms with E-state index in [0.29, 0.717) is 6.42 Å². The maximum atomic E-state index is 11.4. The maximum absolute atomic E-state index is 11.4. The van der Waals surface area contributed by atoms with Gasteiger partial charge in [-0.25, -0.2) is 0 Å². The van der Waals surface area contributed by atoms with Crippen molar-refractivity contribution in [3.63, 3.8) is 0 Å². The highest BCUT2D eigenvalue weighted by molar-refractivity contribution is 5.73. The van der Waals surface area contributed by atoms with Crippen LogP contribution in [-0.2, 0) is 14.3 Å². The van der Waals surface area contributed by atoms with Crippen LogP contribution in [0.25, 0.3) is 0 Å². The maximum Gasteiger partial charge on any atom is 0.306 e. The molecule has 0 N–H and O–H groups in total. The smallest absolute Gasteiger partial charge is 0.306 e. The first-order chi connectivity index (χ1) is 6.86. The van der Waals surface area contributed by atoms with Crippen molar-refractivity contribution >= 4 is 5.97 Å². The molecule has 2 fully saturated rings. The van der Waals surface area contributed by atoms with E-state index < -0.39 is 0 Å². The Labute approximate surface area is 91.1 Å². The second-order valence-corrected chi connectivity index (χ2v) is 6.06. The number of hydrogen-bond acceptors (Lipinski definition) is 3. The molecule has 1 saturated carbocycles. The van der Waals surface area contributed by atoms with Gasteiger partial charge in [0.15, 0.2) is 0 Å². The Kier molecular flexibility index (Phi) is 2.34. The summed E-state index contributed by atoms with van der Waals surface area (Å²) in [6.07, 6.45) is 2.57. The van der Waals surface area contributed by atoms with Crippen molar-refractivity contribution < 1.29 is 14.3 Å². The molecule has 3 heteroatoms. The molecule has 86 valence electrons. The van der Waals surface area contributed by atoms with E-state index in [-0.39, 0.29) is 29.0 Å². The first kappa shape index (κ1) is 10.9. The van der Waals surface area contributed by atoms with Crippen LogP contribution in [0.3, 0.4) is 0 Å². The van der Waals surface area contributed by atoms with Gasteiger partial charge in [0, 0.05) is 12.5 Å². The van der Waals surface area contributed by atoms with Crippen LogP contribution in [0.4, 0.5) is 0 Å². The van der Waals surface area contributed by atoms with Crippen LogP contribution in [-0.4, -0.2) is 25.3 Å². The number of ether oxygens (including phenoxy) is 2. The van der Waals surface area contributed by atoms with Crippen LogP contribution in [0.1, 0.15) is 40.0 Å². The van der Waals surface area contributed by atoms with Crippen molar-refractivity contribution in [1.29, 1.82) is 0 Å². The topological polar surface area (TPSA) is 35.5 Å². The molecule has 1 aliphatic heterocycles. The molecule has 0 unspecified atom stereocenters. The predicted molar refractivity (Wildman–Crippen MR) is 56.4 cm³/mol. The third kappa shape index (κ3) is 1.78. The number of hydrogen-bond donors (Lipinski definition) is 0. The van der Waals surface area contributed by atoms with Gasteiger partial charge >= 0.3 is 5.97 Å². The third-order valence-corrected chi connectivity index (χ3v) is 3.77. The molecule has 3 atom stereocenters. The largest absolute Gasteiger partial charge is 0.459 e. The van der Waals surface area contributed by atoms with Gasteiger partial charge in [0.1, 0.15) is 6.10 Å². The Morgan fingerprint density at radius 3 is 2.67 bits per heavy atom. The Bertz CT molecular complexity index is 285. The molecule has 0 aromatic rings. The summed E-state index contributed by atoms with van der Waals surface area (Å²) >= 11 is 0. The minimum Gasteiger partial charge on any atom is -0.459 e. The van der Waals surface area contributed by atoms with E-state index in [0.717, 1.165) is 12.8 Å². The molecule has 0 radical (unpaired) electrons. The SMILES string of the molecule is CO[C@@H]1CC(C)(C)C[C@@]2(C)CC(=O)O[C@@H]12. The van der Waals surface area contributed by atoms with Gasteiger partial charge in [-0.2, -0.15) is 0 Å². The molecule has 0 aromatic carbocycles. The molecule has 2 aliphatic rings. The van der Waals surface area contributed by atoms with Gasteiger partial charge in [0.25, 0.3) is 0 Å². The summed E-state index contributed by atoms with van der Waals surface area (Å²) in [6, 6.07) is 0. The van der Waals surface area contributed by atoms with Gasteiger partial charge in [-0.1, -0.05) is 20.8 Å². The highest BCUT2D eigenvalue weighted by Gasteiger charge is 2.55. The number of rotatable bonds is 1. The van der Waals surface area contributed by atoms with E-state index >= 15 is 0 Å². The Morgan fingerprint density at radius 2 is 2.07 bits per heavy atom. The van der Waals surface area contributed by atoms with E-state index in [1.807, 2.05) is 0 Å². The summed E-state index contributed by atoms with van der Waals surface area (Å²) in [6.45, 7) is 6.63. The molecule has 2 rings (SSSR count). The van der Waals surface area contributed by atoms with Crippen LogP contribution in [0.15, 0.2) is 0 Å². The number of fused-ring (bicyclic) bond motifs is 1. The van der Waals surface area contributed by atoms with E-state index in [4.69, 9.17) is 9.47 Å². The fourth-order valence-electron chi connectivity index (χ4n) is 3.47. The number of methoxy groups -OCH3 is 1. The van der Waals surface area contributed by atoms with Gasteiger partial charge in [0.2, 0.25) is 0 Å². The number of esters is 1. The van der Waals surface area contributed by atoms with Gasteiger partial charge < -0.3 is 9.47 Å². The minimum absolute atomic E-state index is 0.0283. The highest BCUT2D eigenvalue weighted by atomic mass is 16.6. The normalized spacial score (nSPS) is 43.6. The molecule has 15 heavy (non-hydrogen) atoms. The fourth-order valence-corrected chi connectivity index (χ4v) is 3.47. The summed E-state index contributed by atoms with van der Waals surface area (Å²) in [5.74, 6) is -0.0674. The molecular weight excluding hydrogens is 192 g/mol. The lowest BCUT2D eigenvalue weighted by molar-refractivity contribution is -0.155. The second-order valence-electron chi connectivity index (χ2n) is 6.06. The van der Waals surface area contributed by atoms with Crippen LogP contribution in [0.5, 0.6) is 0 Å². The first-order valence-corrected chi connectivity index (χ1v) is 5.59. The van der Waals surface area contributed by atoms with Crippen LogP contribution in [0.2, 0.25) is 0 Å². The summed E-state index contributed by atoms with van der Waals surface area (Å²) in [4.78, 5) is 11.4. The van der Waals surface area contributed by atoms with Crippen molar-refractivity contribution in [3.8, 4) is 0 Å². The average molecular weight is 212 g/mol. The first-order valence-electron chi connectivity index (χ1n) is 5.59. The Balaban J connectivity index is 2.28.